The molecule has 0 fully saturated rings. The molecule has 2 aromatic carbocycles. The van der Waals surface area contributed by atoms with Crippen molar-refractivity contribution in [3.63, 3.8) is 0 Å². The molecule has 8 nitrogen and oxygen atoms in total. The Morgan fingerprint density at radius 3 is 2.77 bits per heavy atom. The van der Waals surface area contributed by atoms with Crippen molar-refractivity contribution in [1.82, 2.24) is 14.4 Å². The Kier molecular flexibility index (Phi) is 4.64. The van der Waals surface area contributed by atoms with E-state index in [9.17, 15) is 9.59 Å². The minimum Gasteiger partial charge on any atom is -0.484 e. The molecule has 0 atom stereocenters. The van der Waals surface area contributed by atoms with Gasteiger partial charge in [0.25, 0.3) is 5.91 Å². The Morgan fingerprint density at radius 1 is 1.10 bits per heavy atom. The molecule has 3 aromatic heterocycles. The summed E-state index contributed by atoms with van der Waals surface area (Å²) in [4.78, 5) is 32.3. The van der Waals surface area contributed by atoms with Crippen molar-refractivity contribution < 1.29 is 13.9 Å². The molecule has 31 heavy (non-hydrogen) atoms. The number of hydrogen-bond donors (Lipinski definition) is 1. The first-order valence-electron chi connectivity index (χ1n) is 9.51. The van der Waals surface area contributed by atoms with Gasteiger partial charge in [-0.3, -0.25) is 9.20 Å². The maximum atomic E-state index is 12.2. The van der Waals surface area contributed by atoms with Crippen LogP contribution in [0.25, 0.3) is 28.0 Å². The minimum atomic E-state index is -0.439. The summed E-state index contributed by atoms with van der Waals surface area (Å²) >= 11 is 0. The predicted molar refractivity (Wildman–Crippen MR) is 115 cm³/mol. The second-order valence-corrected chi connectivity index (χ2v) is 6.82. The lowest BCUT2D eigenvalue weighted by molar-refractivity contribution is -0.118. The zero-order valence-electron chi connectivity index (χ0n) is 16.2. The Labute approximate surface area is 175 Å². The molecular weight excluding hydrogens is 396 g/mol. The molecule has 0 aliphatic carbocycles. The third-order valence-electron chi connectivity index (χ3n) is 4.66. The van der Waals surface area contributed by atoms with Gasteiger partial charge in [0.1, 0.15) is 11.3 Å². The summed E-state index contributed by atoms with van der Waals surface area (Å²) in [6.45, 7) is -0.178. The highest BCUT2D eigenvalue weighted by molar-refractivity contribution is 5.92. The van der Waals surface area contributed by atoms with Crippen LogP contribution in [0.2, 0.25) is 0 Å². The normalized spacial score (nSPS) is 11.0. The molecule has 0 aliphatic heterocycles. The van der Waals surface area contributed by atoms with Crippen LogP contribution >= 0.6 is 0 Å². The fourth-order valence-corrected chi connectivity index (χ4v) is 3.17. The second-order valence-electron chi connectivity index (χ2n) is 6.82. The number of imidazole rings is 1. The van der Waals surface area contributed by atoms with Crippen molar-refractivity contribution in [2.75, 3.05) is 11.9 Å². The average Bonchev–Trinajstić information content (AvgIpc) is 3.22. The molecule has 0 unspecified atom stereocenters. The van der Waals surface area contributed by atoms with E-state index in [4.69, 9.17) is 9.15 Å². The van der Waals surface area contributed by atoms with Gasteiger partial charge in [-0.25, -0.2) is 14.8 Å². The van der Waals surface area contributed by atoms with Gasteiger partial charge in [-0.2, -0.15) is 0 Å². The van der Waals surface area contributed by atoms with Crippen LogP contribution in [0.5, 0.6) is 5.75 Å². The van der Waals surface area contributed by atoms with Crippen LogP contribution in [-0.2, 0) is 4.79 Å². The van der Waals surface area contributed by atoms with E-state index >= 15 is 0 Å². The number of carbonyl (C=O) groups excluding carboxylic acids is 1. The van der Waals surface area contributed by atoms with Gasteiger partial charge in [-0.05, 0) is 36.4 Å². The molecule has 1 amide bonds. The molecule has 0 saturated carbocycles. The van der Waals surface area contributed by atoms with Crippen molar-refractivity contribution in [1.29, 1.82) is 0 Å². The highest BCUT2D eigenvalue weighted by atomic mass is 16.5. The van der Waals surface area contributed by atoms with Crippen molar-refractivity contribution in [2.24, 2.45) is 0 Å². The topological polar surface area (TPSA) is 98.7 Å². The van der Waals surface area contributed by atoms with E-state index < -0.39 is 5.63 Å². The van der Waals surface area contributed by atoms with Gasteiger partial charge in [0.05, 0.1) is 5.69 Å². The lowest BCUT2D eigenvalue weighted by atomic mass is 10.1. The van der Waals surface area contributed by atoms with Crippen LogP contribution in [0.1, 0.15) is 0 Å². The first-order chi connectivity index (χ1) is 15.1. The van der Waals surface area contributed by atoms with E-state index in [1.54, 1.807) is 42.6 Å². The standard InChI is InChI=1S/C23H16N4O4/c28-21(14-30-18-8-4-16-5-9-22(29)31-20(16)12-18)25-17-6-2-15(3-7-17)19-13-27-11-1-10-24-23(27)26-19/h1-13H,14H2,(H,25,28). The number of nitrogens with one attached hydrogen (secondary N) is 1. The number of rotatable bonds is 5. The first kappa shape index (κ1) is 18.6. The summed E-state index contributed by atoms with van der Waals surface area (Å²) in [5.41, 5.74) is 2.32. The van der Waals surface area contributed by atoms with Gasteiger partial charge in [-0.15, -0.1) is 0 Å². The summed E-state index contributed by atoms with van der Waals surface area (Å²) in [6, 6.07) is 17.3. The van der Waals surface area contributed by atoms with Gasteiger partial charge < -0.3 is 14.5 Å². The van der Waals surface area contributed by atoms with Crippen LogP contribution in [0.4, 0.5) is 5.69 Å². The molecule has 0 saturated heterocycles. The highest BCUT2D eigenvalue weighted by Gasteiger charge is 2.08. The zero-order chi connectivity index (χ0) is 21.2. The fourth-order valence-electron chi connectivity index (χ4n) is 3.17. The second kappa shape index (κ2) is 7.75. The molecule has 5 aromatic rings. The summed E-state index contributed by atoms with van der Waals surface area (Å²) in [5, 5.41) is 3.56. The minimum absolute atomic E-state index is 0.178. The van der Waals surface area contributed by atoms with E-state index in [-0.39, 0.29) is 12.5 Å². The lowest BCUT2D eigenvalue weighted by Crippen LogP contribution is -2.20. The predicted octanol–water partition coefficient (Wildman–Crippen LogP) is 3.52. The Hall–Kier alpha value is -4.46. The monoisotopic (exact) mass is 412 g/mol. The quantitative estimate of drug-likeness (QED) is 0.444. The number of benzene rings is 2. The number of carbonyl (C=O) groups is 1. The van der Waals surface area contributed by atoms with Crippen molar-refractivity contribution >= 4 is 28.3 Å². The van der Waals surface area contributed by atoms with Gasteiger partial charge in [0.2, 0.25) is 5.78 Å². The molecule has 0 radical (unpaired) electrons. The van der Waals surface area contributed by atoms with Crippen molar-refractivity contribution in [2.45, 2.75) is 0 Å². The van der Waals surface area contributed by atoms with E-state index in [1.165, 1.54) is 6.07 Å². The molecule has 152 valence electrons. The maximum Gasteiger partial charge on any atom is 0.336 e. The summed E-state index contributed by atoms with van der Waals surface area (Å²) in [7, 11) is 0. The van der Waals surface area contributed by atoms with E-state index in [1.807, 2.05) is 35.0 Å². The number of hydrogen-bond acceptors (Lipinski definition) is 6. The van der Waals surface area contributed by atoms with Gasteiger partial charge >= 0.3 is 5.63 Å². The summed E-state index contributed by atoms with van der Waals surface area (Å²) in [6.07, 6.45) is 5.48. The molecule has 1 N–H and O–H groups in total. The van der Waals surface area contributed by atoms with E-state index in [0.717, 1.165) is 16.6 Å². The third-order valence-corrected chi connectivity index (χ3v) is 4.66. The smallest absolute Gasteiger partial charge is 0.336 e. The fraction of sp³-hybridized carbons (Fsp3) is 0.0435. The van der Waals surface area contributed by atoms with Crippen molar-refractivity contribution in [3.8, 4) is 17.0 Å². The summed E-state index contributed by atoms with van der Waals surface area (Å²) < 4.78 is 12.5. The molecule has 0 spiro atoms. The largest absolute Gasteiger partial charge is 0.484 e. The number of nitrogens with zero attached hydrogens (tertiary/aromatic N) is 3. The SMILES string of the molecule is O=C(COc1ccc2ccc(=O)oc2c1)Nc1ccc(-c2cn3cccnc3n2)cc1. The van der Waals surface area contributed by atoms with Crippen LogP contribution in [-0.4, -0.2) is 26.9 Å². The maximum absolute atomic E-state index is 12.2. The Morgan fingerprint density at radius 2 is 1.94 bits per heavy atom. The Bertz CT molecular complexity index is 1420. The molecular formula is C23H16N4O4. The van der Waals surface area contributed by atoms with Gasteiger partial charge in [0, 0.05) is 47.4 Å². The van der Waals surface area contributed by atoms with E-state index in [0.29, 0.717) is 22.8 Å². The molecule has 3 heterocycles. The molecule has 8 heteroatoms. The zero-order valence-corrected chi connectivity index (χ0v) is 16.2. The summed E-state index contributed by atoms with van der Waals surface area (Å²) in [5.74, 6) is 0.757. The number of aromatic nitrogens is 3. The molecule has 5 rings (SSSR count). The lowest BCUT2D eigenvalue weighted by Gasteiger charge is -2.08. The van der Waals surface area contributed by atoms with Crippen LogP contribution < -0.4 is 15.7 Å². The van der Waals surface area contributed by atoms with Crippen LogP contribution in [0.15, 0.2) is 88.5 Å². The molecule has 0 bridgehead atoms. The first-order valence-corrected chi connectivity index (χ1v) is 9.51. The average molecular weight is 412 g/mol. The van der Waals surface area contributed by atoms with Gasteiger partial charge in [0.15, 0.2) is 6.61 Å². The highest BCUT2D eigenvalue weighted by Crippen LogP contribution is 2.21. The third kappa shape index (κ3) is 3.99. The number of amides is 1. The van der Waals surface area contributed by atoms with E-state index in [2.05, 4.69) is 15.3 Å². The van der Waals surface area contributed by atoms with Crippen LogP contribution in [0, 0.1) is 0 Å². The van der Waals surface area contributed by atoms with Gasteiger partial charge in [-0.1, -0.05) is 12.1 Å². The number of fused-ring (bicyclic) bond motifs is 2. The Balaban J connectivity index is 1.23. The number of anilines is 1. The number of ether oxygens (including phenoxy) is 1. The molecule has 0 aliphatic rings. The van der Waals surface area contributed by atoms with Crippen molar-refractivity contribution in [3.05, 3.63) is 89.7 Å². The van der Waals surface area contributed by atoms with Crippen LogP contribution in [0.3, 0.4) is 0 Å².